The third-order valence-corrected chi connectivity index (χ3v) is 17.5. The van der Waals surface area contributed by atoms with Crippen molar-refractivity contribution in [1.82, 2.24) is 10.6 Å². The monoisotopic (exact) mass is 800 g/mol. The number of rotatable bonds is 15. The molecule has 0 heterocycles. The van der Waals surface area contributed by atoms with Crippen LogP contribution in [0.2, 0.25) is 18.1 Å². The Morgan fingerprint density at radius 3 is 1.58 bits per heavy atom. The fourth-order valence-corrected chi connectivity index (χ4v) is 10.3. The summed E-state index contributed by atoms with van der Waals surface area (Å²) in [5, 5.41) is 15.8. The Balaban J connectivity index is 1.32. The summed E-state index contributed by atoms with van der Waals surface area (Å²) in [6.07, 6.45) is -1.62. The van der Waals surface area contributed by atoms with E-state index in [-0.39, 0.29) is 23.3 Å². The van der Waals surface area contributed by atoms with E-state index in [1.165, 1.54) is 11.8 Å². The Hall–Kier alpha value is -5.16. The number of hydrogen-bond donors (Lipinski definition) is 3. The molecule has 1 aliphatic rings. The highest BCUT2D eigenvalue weighted by atomic mass is 32.2. The van der Waals surface area contributed by atoms with Crippen molar-refractivity contribution in [1.29, 1.82) is 0 Å². The second-order valence-electron chi connectivity index (χ2n) is 16.0. The molecule has 0 unspecified atom stereocenters. The summed E-state index contributed by atoms with van der Waals surface area (Å²) in [6.45, 7) is 12.0. The van der Waals surface area contributed by atoms with Crippen LogP contribution in [0.25, 0.3) is 11.1 Å². The van der Waals surface area contributed by atoms with Crippen LogP contribution in [-0.2, 0) is 23.5 Å². The topological polar surface area (TPSA) is 114 Å². The molecule has 0 spiro atoms. The second-order valence-corrected chi connectivity index (χ2v) is 22.0. The van der Waals surface area contributed by atoms with Crippen LogP contribution in [0.5, 0.6) is 0 Å². The SMILES string of the molecule is C[C@@H](O[Si](C)(C)C(C)(C)C)[C@H](NC(=O)[C@H](CSC(c1ccccc1)(c1ccccc1)c1ccccc1)NC(=O)OCC1c2ccccc2-c2ccccc21)C(=O)O. The molecule has 10 heteroatoms. The zero-order valence-corrected chi connectivity index (χ0v) is 35.2. The maximum absolute atomic E-state index is 14.5. The van der Waals surface area contributed by atoms with Crippen molar-refractivity contribution >= 4 is 38.0 Å². The molecule has 3 N–H and O–H groups in total. The molecule has 296 valence electrons. The molecule has 0 fully saturated rings. The van der Waals surface area contributed by atoms with Crippen molar-refractivity contribution in [3.05, 3.63) is 167 Å². The zero-order valence-electron chi connectivity index (χ0n) is 33.4. The van der Waals surface area contributed by atoms with E-state index in [0.717, 1.165) is 38.9 Å². The van der Waals surface area contributed by atoms with E-state index in [4.69, 9.17) is 9.16 Å². The number of carboxylic acid groups (broad SMARTS) is 1. The van der Waals surface area contributed by atoms with Crippen LogP contribution < -0.4 is 10.6 Å². The predicted molar refractivity (Wildman–Crippen MR) is 231 cm³/mol. The second kappa shape index (κ2) is 17.5. The van der Waals surface area contributed by atoms with E-state index in [2.05, 4.69) is 79.9 Å². The Morgan fingerprint density at radius 2 is 1.14 bits per heavy atom. The molecule has 8 nitrogen and oxygen atoms in total. The molecule has 6 rings (SSSR count). The first-order chi connectivity index (χ1) is 27.2. The summed E-state index contributed by atoms with van der Waals surface area (Å²) in [5.41, 5.74) is 7.27. The van der Waals surface area contributed by atoms with Gasteiger partial charge in [0.1, 0.15) is 12.6 Å². The van der Waals surface area contributed by atoms with Crippen LogP contribution in [0, 0.1) is 0 Å². The number of ether oxygens (including phenoxy) is 1. The summed E-state index contributed by atoms with van der Waals surface area (Å²) in [5.74, 6) is -2.00. The van der Waals surface area contributed by atoms with Gasteiger partial charge in [-0.1, -0.05) is 160 Å². The number of benzene rings is 5. The summed E-state index contributed by atoms with van der Waals surface area (Å²) in [6, 6.07) is 43.7. The number of amides is 2. The van der Waals surface area contributed by atoms with Crippen molar-refractivity contribution in [2.24, 2.45) is 0 Å². The first kappa shape index (κ1) is 41.5. The largest absolute Gasteiger partial charge is 0.480 e. The van der Waals surface area contributed by atoms with E-state index in [9.17, 15) is 19.5 Å². The Labute approximate surface area is 341 Å². The Morgan fingerprint density at radius 1 is 0.702 bits per heavy atom. The first-order valence-corrected chi connectivity index (χ1v) is 23.3. The average Bonchev–Trinajstić information content (AvgIpc) is 3.52. The lowest BCUT2D eigenvalue weighted by molar-refractivity contribution is -0.144. The Kier molecular flexibility index (Phi) is 12.8. The fraction of sp³-hybridized carbons (Fsp3) is 0.298. The molecule has 0 saturated carbocycles. The van der Waals surface area contributed by atoms with Gasteiger partial charge in [-0.05, 0) is 64.0 Å². The predicted octanol–water partition coefficient (Wildman–Crippen LogP) is 9.60. The number of thioether (sulfide) groups is 1. The van der Waals surface area contributed by atoms with Gasteiger partial charge in [-0.3, -0.25) is 4.79 Å². The number of fused-ring (bicyclic) bond motifs is 3. The number of alkyl carbamates (subject to hydrolysis) is 1. The molecule has 0 saturated heterocycles. The van der Waals surface area contributed by atoms with E-state index < -0.39 is 49.2 Å². The normalized spacial score (nSPS) is 14.4. The highest BCUT2D eigenvalue weighted by molar-refractivity contribution is 8.00. The molecule has 0 aliphatic heterocycles. The van der Waals surface area contributed by atoms with Crippen molar-refractivity contribution < 1.29 is 28.7 Å². The van der Waals surface area contributed by atoms with Gasteiger partial charge in [0, 0.05) is 11.7 Å². The van der Waals surface area contributed by atoms with Crippen LogP contribution in [0.4, 0.5) is 4.79 Å². The Bertz CT molecular complexity index is 2020. The molecule has 0 radical (unpaired) electrons. The minimum Gasteiger partial charge on any atom is -0.480 e. The lowest BCUT2D eigenvalue weighted by Crippen LogP contribution is -2.58. The van der Waals surface area contributed by atoms with E-state index in [1.54, 1.807) is 6.92 Å². The quantitative estimate of drug-likeness (QED) is 0.0714. The molecule has 5 aromatic rings. The van der Waals surface area contributed by atoms with Crippen LogP contribution in [0.1, 0.15) is 61.4 Å². The van der Waals surface area contributed by atoms with Gasteiger partial charge in [0.05, 0.1) is 10.9 Å². The van der Waals surface area contributed by atoms with Gasteiger partial charge >= 0.3 is 12.1 Å². The smallest absolute Gasteiger partial charge is 0.407 e. The van der Waals surface area contributed by atoms with E-state index in [1.807, 2.05) is 104 Å². The standard InChI is InChI=1S/C47H52N2O6SSi/c1-32(55-57(5,6)46(2,3)4)42(44(51)52)49-43(50)41(48-45(53)54-30-40-38-28-18-16-26-36(38)37-27-17-19-29-39(37)40)31-56-47(33-20-10-7-11-21-33,34-22-12-8-13-23-34)35-24-14-9-15-25-35/h7-29,32,40-42H,30-31H2,1-6H3,(H,48,53)(H,49,50)(H,51,52)/t32-,41+,42+/m1/s1. The van der Waals surface area contributed by atoms with Crippen LogP contribution >= 0.6 is 11.8 Å². The summed E-state index contributed by atoms with van der Waals surface area (Å²) in [4.78, 5) is 41.1. The lowest BCUT2D eigenvalue weighted by atomic mass is 9.84. The van der Waals surface area contributed by atoms with Gasteiger partial charge in [-0.25, -0.2) is 9.59 Å². The molecule has 3 atom stereocenters. The molecule has 0 aromatic heterocycles. The highest BCUT2D eigenvalue weighted by Gasteiger charge is 2.43. The van der Waals surface area contributed by atoms with E-state index in [0.29, 0.717) is 0 Å². The third kappa shape index (κ3) is 9.04. The molecule has 1 aliphatic carbocycles. The minimum atomic E-state index is -2.42. The lowest BCUT2D eigenvalue weighted by Gasteiger charge is -2.40. The number of nitrogens with one attached hydrogen (secondary N) is 2. The van der Waals surface area contributed by atoms with Crippen molar-refractivity contribution in [2.75, 3.05) is 12.4 Å². The number of aliphatic carboxylic acids is 1. The van der Waals surface area contributed by atoms with Crippen LogP contribution in [-0.4, -0.2) is 61.9 Å². The molecule has 57 heavy (non-hydrogen) atoms. The summed E-state index contributed by atoms with van der Waals surface area (Å²) < 4.78 is 11.6. The van der Waals surface area contributed by atoms with Crippen molar-refractivity contribution in [3.8, 4) is 11.1 Å². The fourth-order valence-electron chi connectivity index (χ4n) is 7.29. The minimum absolute atomic E-state index is 0.0540. The van der Waals surface area contributed by atoms with Crippen molar-refractivity contribution in [2.45, 2.75) is 74.7 Å². The maximum Gasteiger partial charge on any atom is 0.407 e. The van der Waals surface area contributed by atoms with Crippen LogP contribution in [0.15, 0.2) is 140 Å². The van der Waals surface area contributed by atoms with Gasteiger partial charge in [0.2, 0.25) is 5.91 Å². The van der Waals surface area contributed by atoms with Crippen molar-refractivity contribution in [3.63, 3.8) is 0 Å². The molecule has 5 aromatic carbocycles. The van der Waals surface area contributed by atoms with Gasteiger partial charge in [0.25, 0.3) is 0 Å². The average molecular weight is 801 g/mol. The van der Waals surface area contributed by atoms with Gasteiger partial charge in [0.15, 0.2) is 14.4 Å². The zero-order chi connectivity index (χ0) is 40.8. The van der Waals surface area contributed by atoms with E-state index >= 15 is 0 Å². The highest BCUT2D eigenvalue weighted by Crippen LogP contribution is 2.49. The van der Waals surface area contributed by atoms with Gasteiger partial charge in [-0.2, -0.15) is 0 Å². The first-order valence-electron chi connectivity index (χ1n) is 19.4. The number of carbonyl (C=O) groups excluding carboxylic acids is 2. The number of carboxylic acids is 1. The maximum atomic E-state index is 14.5. The van der Waals surface area contributed by atoms with Gasteiger partial charge in [-0.15, -0.1) is 11.8 Å². The van der Waals surface area contributed by atoms with Crippen LogP contribution in [0.3, 0.4) is 0 Å². The third-order valence-electron chi connectivity index (χ3n) is 11.3. The summed E-state index contributed by atoms with van der Waals surface area (Å²) >= 11 is 1.49. The molecular weight excluding hydrogens is 749 g/mol. The van der Waals surface area contributed by atoms with Gasteiger partial charge < -0.3 is 24.9 Å². The molecular formula is C47H52N2O6SSi. The molecule has 0 bridgehead atoms. The molecule has 2 amide bonds. The summed E-state index contributed by atoms with van der Waals surface area (Å²) in [7, 11) is -2.42. The number of hydrogen-bond acceptors (Lipinski definition) is 6. The number of carbonyl (C=O) groups is 3.